The van der Waals surface area contributed by atoms with Crippen molar-refractivity contribution in [1.29, 1.82) is 5.26 Å². The molecular formula is C13H24N2O. The quantitative estimate of drug-likeness (QED) is 0.747. The van der Waals surface area contributed by atoms with Gasteiger partial charge in [-0.2, -0.15) is 5.26 Å². The largest absolute Gasteiger partial charge is 0.379 e. The van der Waals surface area contributed by atoms with Crippen molar-refractivity contribution < 1.29 is 4.74 Å². The Morgan fingerprint density at radius 2 is 1.88 bits per heavy atom. The molecule has 0 saturated heterocycles. The molecular weight excluding hydrogens is 200 g/mol. The van der Waals surface area contributed by atoms with E-state index < -0.39 is 5.54 Å². The van der Waals surface area contributed by atoms with Crippen molar-refractivity contribution in [1.82, 2.24) is 5.32 Å². The van der Waals surface area contributed by atoms with Crippen LogP contribution in [0.5, 0.6) is 0 Å². The van der Waals surface area contributed by atoms with E-state index in [1.54, 1.807) is 7.11 Å². The molecule has 1 fully saturated rings. The summed E-state index contributed by atoms with van der Waals surface area (Å²) in [6, 6.07) is 2.84. The fourth-order valence-corrected chi connectivity index (χ4v) is 2.32. The minimum absolute atomic E-state index is 0.0826. The molecule has 1 aliphatic rings. The number of nitriles is 1. The summed E-state index contributed by atoms with van der Waals surface area (Å²) >= 11 is 0. The number of hydrogen-bond acceptors (Lipinski definition) is 3. The number of methoxy groups -OCH3 is 1. The Balaban J connectivity index is 2.57. The Hall–Kier alpha value is -0.590. The number of nitrogens with one attached hydrogen (secondary N) is 1. The first-order valence-electron chi connectivity index (χ1n) is 6.34. The molecule has 0 aromatic rings. The van der Waals surface area contributed by atoms with Gasteiger partial charge in [0, 0.05) is 13.2 Å². The first-order chi connectivity index (χ1) is 7.62. The van der Waals surface area contributed by atoms with E-state index in [0.717, 1.165) is 0 Å². The van der Waals surface area contributed by atoms with Gasteiger partial charge in [-0.1, -0.05) is 25.7 Å². The SMILES string of the molecule is COC(C)C(C)(C#N)NC1CCCCCC1. The molecule has 3 heteroatoms. The van der Waals surface area contributed by atoms with Gasteiger partial charge < -0.3 is 4.74 Å². The molecule has 3 nitrogen and oxygen atoms in total. The molecule has 0 aromatic heterocycles. The molecule has 16 heavy (non-hydrogen) atoms. The Kier molecular flexibility index (Phi) is 5.24. The van der Waals surface area contributed by atoms with Gasteiger partial charge in [0.1, 0.15) is 5.54 Å². The Morgan fingerprint density at radius 3 is 2.31 bits per heavy atom. The van der Waals surface area contributed by atoms with E-state index in [9.17, 15) is 5.26 Å². The zero-order valence-corrected chi connectivity index (χ0v) is 10.8. The van der Waals surface area contributed by atoms with E-state index in [-0.39, 0.29) is 6.10 Å². The fraction of sp³-hybridized carbons (Fsp3) is 0.923. The maximum absolute atomic E-state index is 9.30. The average molecular weight is 224 g/mol. The molecule has 1 rings (SSSR count). The third-order valence-electron chi connectivity index (χ3n) is 3.76. The molecule has 0 aromatic carbocycles. The average Bonchev–Trinajstić information content (AvgIpc) is 2.56. The van der Waals surface area contributed by atoms with Gasteiger partial charge in [0.25, 0.3) is 0 Å². The van der Waals surface area contributed by atoms with Crippen molar-refractivity contribution in [3.05, 3.63) is 0 Å². The lowest BCUT2D eigenvalue weighted by molar-refractivity contribution is 0.0561. The van der Waals surface area contributed by atoms with Gasteiger partial charge >= 0.3 is 0 Å². The van der Waals surface area contributed by atoms with Crippen LogP contribution in [0.1, 0.15) is 52.4 Å². The third kappa shape index (κ3) is 3.47. The second-order valence-corrected chi connectivity index (χ2v) is 5.02. The molecule has 0 amide bonds. The maximum Gasteiger partial charge on any atom is 0.130 e. The Bertz CT molecular complexity index is 241. The van der Waals surface area contributed by atoms with Crippen LogP contribution >= 0.6 is 0 Å². The second-order valence-electron chi connectivity index (χ2n) is 5.02. The van der Waals surface area contributed by atoms with E-state index >= 15 is 0 Å². The van der Waals surface area contributed by atoms with Crippen molar-refractivity contribution in [3.8, 4) is 6.07 Å². The zero-order valence-electron chi connectivity index (χ0n) is 10.8. The van der Waals surface area contributed by atoms with E-state index in [0.29, 0.717) is 6.04 Å². The highest BCUT2D eigenvalue weighted by molar-refractivity contribution is 5.09. The van der Waals surface area contributed by atoms with Gasteiger partial charge in [-0.15, -0.1) is 0 Å². The molecule has 0 heterocycles. The highest BCUT2D eigenvalue weighted by Crippen LogP contribution is 2.21. The summed E-state index contributed by atoms with van der Waals surface area (Å²) in [5.41, 5.74) is -0.566. The second kappa shape index (κ2) is 6.22. The Labute approximate surface area is 99.2 Å². The van der Waals surface area contributed by atoms with Gasteiger partial charge in [-0.25, -0.2) is 0 Å². The predicted octanol–water partition coefficient (Wildman–Crippen LogP) is 2.62. The molecule has 0 aliphatic heterocycles. The van der Waals surface area contributed by atoms with Crippen molar-refractivity contribution in [3.63, 3.8) is 0 Å². The van der Waals surface area contributed by atoms with Gasteiger partial charge in [0.05, 0.1) is 12.2 Å². The van der Waals surface area contributed by atoms with Crippen LogP contribution in [-0.2, 0) is 4.74 Å². The van der Waals surface area contributed by atoms with Gasteiger partial charge in [-0.3, -0.25) is 5.32 Å². The maximum atomic E-state index is 9.30. The van der Waals surface area contributed by atoms with Crippen molar-refractivity contribution in [2.75, 3.05) is 7.11 Å². The van der Waals surface area contributed by atoms with Gasteiger partial charge in [-0.05, 0) is 26.7 Å². The lowest BCUT2D eigenvalue weighted by atomic mass is 9.94. The zero-order chi connectivity index (χ0) is 12.0. The van der Waals surface area contributed by atoms with Crippen molar-refractivity contribution in [2.24, 2.45) is 0 Å². The monoisotopic (exact) mass is 224 g/mol. The van der Waals surface area contributed by atoms with Gasteiger partial charge in [0.15, 0.2) is 0 Å². The van der Waals surface area contributed by atoms with Crippen LogP contribution in [0.2, 0.25) is 0 Å². The highest BCUT2D eigenvalue weighted by Gasteiger charge is 2.33. The fourth-order valence-electron chi connectivity index (χ4n) is 2.32. The lowest BCUT2D eigenvalue weighted by Gasteiger charge is -2.33. The first kappa shape index (κ1) is 13.5. The van der Waals surface area contributed by atoms with Crippen LogP contribution in [0, 0.1) is 11.3 Å². The van der Waals surface area contributed by atoms with Crippen LogP contribution in [-0.4, -0.2) is 24.8 Å². The van der Waals surface area contributed by atoms with Crippen LogP contribution in [0.3, 0.4) is 0 Å². The predicted molar refractivity (Wildman–Crippen MR) is 65.1 cm³/mol. The molecule has 2 unspecified atom stereocenters. The summed E-state index contributed by atoms with van der Waals surface area (Å²) in [5.74, 6) is 0. The number of nitrogens with zero attached hydrogens (tertiary/aromatic N) is 1. The summed E-state index contributed by atoms with van der Waals surface area (Å²) in [6.07, 6.45) is 7.52. The summed E-state index contributed by atoms with van der Waals surface area (Å²) in [4.78, 5) is 0. The lowest BCUT2D eigenvalue weighted by Crippen LogP contribution is -2.54. The minimum atomic E-state index is -0.566. The van der Waals surface area contributed by atoms with Crippen molar-refractivity contribution >= 4 is 0 Å². The topological polar surface area (TPSA) is 45.0 Å². The first-order valence-corrected chi connectivity index (χ1v) is 6.34. The van der Waals surface area contributed by atoms with Crippen LogP contribution in [0.25, 0.3) is 0 Å². The van der Waals surface area contributed by atoms with Crippen molar-refractivity contribution in [2.45, 2.75) is 70.1 Å². The molecule has 0 radical (unpaired) electrons. The summed E-state index contributed by atoms with van der Waals surface area (Å²) in [7, 11) is 1.66. The number of rotatable bonds is 4. The van der Waals surface area contributed by atoms with Gasteiger partial charge in [0.2, 0.25) is 0 Å². The van der Waals surface area contributed by atoms with Crippen LogP contribution < -0.4 is 5.32 Å². The molecule has 92 valence electrons. The van der Waals surface area contributed by atoms with Crippen LogP contribution in [0.4, 0.5) is 0 Å². The molecule has 1 saturated carbocycles. The standard InChI is InChI=1S/C13H24N2O/c1-11(16-3)13(2,10-14)15-12-8-6-4-5-7-9-12/h11-12,15H,4-9H2,1-3H3. The van der Waals surface area contributed by atoms with E-state index in [2.05, 4.69) is 11.4 Å². The molecule has 1 aliphatic carbocycles. The molecule has 0 spiro atoms. The summed E-state index contributed by atoms with van der Waals surface area (Å²) in [5, 5.41) is 12.8. The van der Waals surface area contributed by atoms with E-state index in [1.165, 1.54) is 38.5 Å². The molecule has 1 N–H and O–H groups in total. The minimum Gasteiger partial charge on any atom is -0.379 e. The smallest absolute Gasteiger partial charge is 0.130 e. The van der Waals surface area contributed by atoms with Crippen LogP contribution in [0.15, 0.2) is 0 Å². The molecule has 2 atom stereocenters. The number of hydrogen-bond donors (Lipinski definition) is 1. The third-order valence-corrected chi connectivity index (χ3v) is 3.76. The summed E-state index contributed by atoms with van der Waals surface area (Å²) in [6.45, 7) is 3.89. The highest BCUT2D eigenvalue weighted by atomic mass is 16.5. The molecule has 0 bridgehead atoms. The Morgan fingerprint density at radius 1 is 1.31 bits per heavy atom. The normalized spacial score (nSPS) is 24.1. The van der Waals surface area contributed by atoms with E-state index in [4.69, 9.17) is 4.74 Å². The summed E-state index contributed by atoms with van der Waals surface area (Å²) < 4.78 is 5.29. The number of ether oxygens (including phenoxy) is 1. The van der Waals surface area contributed by atoms with E-state index in [1.807, 2.05) is 13.8 Å².